The predicted octanol–water partition coefficient (Wildman–Crippen LogP) is 2.67. The van der Waals surface area contributed by atoms with Gasteiger partial charge in [-0.05, 0) is 43.4 Å². The number of aryl methyl sites for hydroxylation is 1. The minimum Gasteiger partial charge on any atom is -0.467 e. The Bertz CT molecular complexity index is 442. The molecule has 0 saturated heterocycles. The van der Waals surface area contributed by atoms with E-state index in [0.717, 1.165) is 24.9 Å². The van der Waals surface area contributed by atoms with Gasteiger partial charge in [0.15, 0.2) is 0 Å². The molecule has 0 fully saturated rings. The number of nitrogens with one attached hydrogen (secondary N) is 1. The SMILES string of the molecule is CCC1(C(=O)OC)CCc2c(C)cccc2N1. The average Bonchev–Trinajstić information content (AvgIpc) is 2.37. The van der Waals surface area contributed by atoms with E-state index in [0.29, 0.717) is 0 Å². The largest absolute Gasteiger partial charge is 0.467 e. The third kappa shape index (κ3) is 1.90. The van der Waals surface area contributed by atoms with Crippen LogP contribution in [-0.4, -0.2) is 18.6 Å². The van der Waals surface area contributed by atoms with E-state index < -0.39 is 5.54 Å². The standard InChI is InChI=1S/C14H19NO2/c1-4-14(13(16)17-3)9-8-11-10(2)6-5-7-12(11)15-14/h5-7,15H,4,8-9H2,1-3H3. The van der Waals surface area contributed by atoms with E-state index in [4.69, 9.17) is 4.74 Å². The van der Waals surface area contributed by atoms with Crippen molar-refractivity contribution in [2.75, 3.05) is 12.4 Å². The molecule has 3 nitrogen and oxygen atoms in total. The Morgan fingerprint density at radius 2 is 2.29 bits per heavy atom. The average molecular weight is 233 g/mol. The van der Waals surface area contributed by atoms with E-state index in [1.807, 2.05) is 19.1 Å². The normalized spacial score (nSPS) is 22.5. The molecular weight excluding hydrogens is 214 g/mol. The molecular formula is C14H19NO2. The summed E-state index contributed by atoms with van der Waals surface area (Å²) in [4.78, 5) is 11.9. The van der Waals surface area contributed by atoms with Crippen LogP contribution in [0.1, 0.15) is 30.9 Å². The molecule has 1 aliphatic rings. The summed E-state index contributed by atoms with van der Waals surface area (Å²) in [6.45, 7) is 4.13. The van der Waals surface area contributed by atoms with Crippen molar-refractivity contribution in [3.8, 4) is 0 Å². The first-order valence-corrected chi connectivity index (χ1v) is 6.08. The smallest absolute Gasteiger partial charge is 0.331 e. The van der Waals surface area contributed by atoms with Crippen LogP contribution in [0.5, 0.6) is 0 Å². The molecule has 17 heavy (non-hydrogen) atoms. The van der Waals surface area contributed by atoms with Crippen molar-refractivity contribution in [3.63, 3.8) is 0 Å². The Kier molecular flexibility index (Phi) is 3.09. The number of anilines is 1. The summed E-state index contributed by atoms with van der Waals surface area (Å²) >= 11 is 0. The molecule has 0 radical (unpaired) electrons. The second-order valence-electron chi connectivity index (χ2n) is 4.65. The third-order valence-electron chi connectivity index (χ3n) is 3.77. The van der Waals surface area contributed by atoms with E-state index in [-0.39, 0.29) is 5.97 Å². The van der Waals surface area contributed by atoms with Crippen LogP contribution in [0, 0.1) is 6.92 Å². The van der Waals surface area contributed by atoms with Gasteiger partial charge in [0.05, 0.1) is 7.11 Å². The highest BCUT2D eigenvalue weighted by atomic mass is 16.5. The summed E-state index contributed by atoms with van der Waals surface area (Å²) < 4.78 is 4.93. The van der Waals surface area contributed by atoms with Gasteiger partial charge >= 0.3 is 5.97 Å². The van der Waals surface area contributed by atoms with Crippen LogP contribution in [0.3, 0.4) is 0 Å². The zero-order chi connectivity index (χ0) is 12.5. The summed E-state index contributed by atoms with van der Waals surface area (Å²) in [5.41, 5.74) is 3.13. The molecule has 1 aliphatic heterocycles. The van der Waals surface area contributed by atoms with Gasteiger partial charge in [-0.25, -0.2) is 4.79 Å². The number of carbonyl (C=O) groups is 1. The number of ether oxygens (including phenoxy) is 1. The Morgan fingerprint density at radius 1 is 1.53 bits per heavy atom. The van der Waals surface area contributed by atoms with E-state index in [1.165, 1.54) is 18.2 Å². The van der Waals surface area contributed by atoms with Gasteiger partial charge in [0.1, 0.15) is 5.54 Å². The Morgan fingerprint density at radius 3 is 2.94 bits per heavy atom. The quantitative estimate of drug-likeness (QED) is 0.798. The first kappa shape index (κ1) is 12.0. The van der Waals surface area contributed by atoms with Crippen molar-refractivity contribution >= 4 is 11.7 Å². The lowest BCUT2D eigenvalue weighted by Gasteiger charge is -2.37. The molecule has 1 atom stereocenters. The summed E-state index contributed by atoms with van der Waals surface area (Å²) in [7, 11) is 1.45. The Hall–Kier alpha value is -1.51. The van der Waals surface area contributed by atoms with Gasteiger partial charge in [-0.3, -0.25) is 0 Å². The lowest BCUT2D eigenvalue weighted by Crippen LogP contribution is -2.49. The number of fused-ring (bicyclic) bond motifs is 1. The first-order chi connectivity index (χ1) is 8.13. The van der Waals surface area contributed by atoms with E-state index in [9.17, 15) is 4.79 Å². The molecule has 0 aromatic heterocycles. The predicted molar refractivity (Wildman–Crippen MR) is 68.2 cm³/mol. The van der Waals surface area contributed by atoms with Gasteiger partial charge < -0.3 is 10.1 Å². The number of benzene rings is 1. The van der Waals surface area contributed by atoms with Crippen molar-refractivity contribution in [3.05, 3.63) is 29.3 Å². The fraction of sp³-hybridized carbons (Fsp3) is 0.500. The minimum atomic E-state index is -0.546. The molecule has 92 valence electrons. The monoisotopic (exact) mass is 233 g/mol. The zero-order valence-electron chi connectivity index (χ0n) is 10.7. The number of carbonyl (C=O) groups excluding carboxylic acids is 1. The third-order valence-corrected chi connectivity index (χ3v) is 3.77. The van der Waals surface area contributed by atoms with Crippen LogP contribution < -0.4 is 5.32 Å². The fourth-order valence-corrected chi connectivity index (χ4v) is 2.57. The molecule has 1 aromatic carbocycles. The number of rotatable bonds is 2. The van der Waals surface area contributed by atoms with Crippen LogP contribution in [0.4, 0.5) is 5.69 Å². The molecule has 2 rings (SSSR count). The second kappa shape index (κ2) is 4.40. The van der Waals surface area contributed by atoms with Gasteiger partial charge in [-0.15, -0.1) is 0 Å². The topological polar surface area (TPSA) is 38.3 Å². The van der Waals surface area contributed by atoms with Crippen molar-refractivity contribution in [1.82, 2.24) is 0 Å². The molecule has 1 N–H and O–H groups in total. The minimum absolute atomic E-state index is 0.160. The number of methoxy groups -OCH3 is 1. The van der Waals surface area contributed by atoms with Crippen LogP contribution >= 0.6 is 0 Å². The van der Waals surface area contributed by atoms with Crippen molar-refractivity contribution < 1.29 is 9.53 Å². The molecule has 1 aromatic rings. The van der Waals surface area contributed by atoms with Crippen LogP contribution in [-0.2, 0) is 16.0 Å². The molecule has 0 spiro atoms. The van der Waals surface area contributed by atoms with Gasteiger partial charge in [-0.1, -0.05) is 19.1 Å². The lowest BCUT2D eigenvalue weighted by atomic mass is 9.83. The molecule has 1 heterocycles. The van der Waals surface area contributed by atoms with Crippen molar-refractivity contribution in [2.24, 2.45) is 0 Å². The van der Waals surface area contributed by atoms with E-state index in [1.54, 1.807) is 0 Å². The van der Waals surface area contributed by atoms with Crippen LogP contribution in [0.15, 0.2) is 18.2 Å². The van der Waals surface area contributed by atoms with Gasteiger partial charge in [-0.2, -0.15) is 0 Å². The molecule has 0 saturated carbocycles. The maximum atomic E-state index is 11.9. The van der Waals surface area contributed by atoms with Gasteiger partial charge in [0, 0.05) is 5.69 Å². The molecule has 0 aliphatic carbocycles. The second-order valence-corrected chi connectivity index (χ2v) is 4.65. The van der Waals surface area contributed by atoms with Crippen molar-refractivity contribution in [1.29, 1.82) is 0 Å². The summed E-state index contributed by atoms with van der Waals surface area (Å²) in [6, 6.07) is 6.16. The van der Waals surface area contributed by atoms with Crippen molar-refractivity contribution in [2.45, 2.75) is 38.6 Å². The van der Waals surface area contributed by atoms with Crippen LogP contribution in [0.25, 0.3) is 0 Å². The molecule has 1 unspecified atom stereocenters. The van der Waals surface area contributed by atoms with Crippen LogP contribution in [0.2, 0.25) is 0 Å². The highest BCUT2D eigenvalue weighted by Crippen LogP contribution is 2.35. The fourth-order valence-electron chi connectivity index (χ4n) is 2.57. The highest BCUT2D eigenvalue weighted by molar-refractivity contribution is 5.86. The van der Waals surface area contributed by atoms with Gasteiger partial charge in [0.25, 0.3) is 0 Å². The Balaban J connectivity index is 2.37. The number of esters is 1. The summed E-state index contributed by atoms with van der Waals surface area (Å²) in [5, 5.41) is 3.38. The number of hydrogen-bond acceptors (Lipinski definition) is 3. The van der Waals surface area contributed by atoms with E-state index >= 15 is 0 Å². The maximum Gasteiger partial charge on any atom is 0.331 e. The molecule has 3 heteroatoms. The highest BCUT2D eigenvalue weighted by Gasteiger charge is 2.40. The number of hydrogen-bond donors (Lipinski definition) is 1. The maximum absolute atomic E-state index is 11.9. The first-order valence-electron chi connectivity index (χ1n) is 6.08. The summed E-state index contributed by atoms with van der Waals surface area (Å²) in [5.74, 6) is -0.160. The van der Waals surface area contributed by atoms with Gasteiger partial charge in [0.2, 0.25) is 0 Å². The Labute approximate surface area is 102 Å². The van der Waals surface area contributed by atoms with E-state index in [2.05, 4.69) is 18.3 Å². The molecule has 0 bridgehead atoms. The molecule has 0 amide bonds. The summed E-state index contributed by atoms with van der Waals surface area (Å²) in [6.07, 6.45) is 2.47. The zero-order valence-corrected chi connectivity index (χ0v) is 10.7. The lowest BCUT2D eigenvalue weighted by molar-refractivity contribution is -0.146.